The van der Waals surface area contributed by atoms with Gasteiger partial charge in [0.25, 0.3) is 10.0 Å². The Morgan fingerprint density at radius 3 is 2.78 bits per heavy atom. The Labute approximate surface area is 189 Å². The van der Waals surface area contributed by atoms with Gasteiger partial charge in [-0.2, -0.15) is 0 Å². The number of hydrogen-bond acceptors (Lipinski definition) is 4. The van der Waals surface area contributed by atoms with Crippen LogP contribution >= 0.6 is 0 Å². The van der Waals surface area contributed by atoms with Crippen LogP contribution in [0.1, 0.15) is 39.0 Å². The molecule has 1 fully saturated rings. The van der Waals surface area contributed by atoms with Crippen LogP contribution in [0, 0.1) is 5.82 Å². The fraction of sp³-hybridized carbons (Fsp3) is 0.458. The van der Waals surface area contributed by atoms with E-state index in [1.807, 2.05) is 0 Å². The van der Waals surface area contributed by atoms with Gasteiger partial charge in [-0.1, -0.05) is 31.5 Å². The van der Waals surface area contributed by atoms with E-state index in [0.29, 0.717) is 29.4 Å². The van der Waals surface area contributed by atoms with Gasteiger partial charge in [0.1, 0.15) is 12.4 Å². The number of rotatable bonds is 7. The molecule has 0 saturated carbocycles. The van der Waals surface area contributed by atoms with Crippen LogP contribution in [0.4, 0.5) is 10.1 Å². The molecule has 0 aromatic heterocycles. The lowest BCUT2D eigenvalue weighted by molar-refractivity contribution is -0.119. The van der Waals surface area contributed by atoms with E-state index in [0.717, 1.165) is 30.2 Å². The minimum Gasteiger partial charge on any atom is -0.354 e. The zero-order valence-corrected chi connectivity index (χ0v) is 19.2. The molecule has 2 aromatic carbocycles. The first-order valence-electron chi connectivity index (χ1n) is 11.3. The SMILES string of the molecule is CC[C@H]1CCCCN1CCCNC(=O)CN1c2ccc(F)cc2-c2ccccc2S1(=O)=O. The van der Waals surface area contributed by atoms with Gasteiger partial charge in [0.2, 0.25) is 5.91 Å². The van der Waals surface area contributed by atoms with E-state index in [-0.39, 0.29) is 17.3 Å². The summed E-state index contributed by atoms with van der Waals surface area (Å²) in [5.74, 6) is -0.820. The zero-order chi connectivity index (χ0) is 22.7. The van der Waals surface area contributed by atoms with Gasteiger partial charge < -0.3 is 10.2 Å². The first kappa shape index (κ1) is 22.7. The van der Waals surface area contributed by atoms with Gasteiger partial charge in [-0.15, -0.1) is 0 Å². The van der Waals surface area contributed by atoms with Crippen LogP contribution in [-0.2, 0) is 14.8 Å². The van der Waals surface area contributed by atoms with Crippen LogP contribution in [0.2, 0.25) is 0 Å². The van der Waals surface area contributed by atoms with E-state index in [2.05, 4.69) is 17.1 Å². The maximum absolute atomic E-state index is 13.9. The molecule has 4 rings (SSSR count). The van der Waals surface area contributed by atoms with E-state index in [9.17, 15) is 17.6 Å². The maximum atomic E-state index is 13.9. The van der Waals surface area contributed by atoms with Gasteiger partial charge in [0.15, 0.2) is 0 Å². The molecule has 0 radical (unpaired) electrons. The fourth-order valence-electron chi connectivity index (χ4n) is 4.79. The highest BCUT2D eigenvalue weighted by Gasteiger charge is 2.36. The number of likely N-dealkylation sites (tertiary alicyclic amines) is 1. The summed E-state index contributed by atoms with van der Waals surface area (Å²) in [5.41, 5.74) is 1.24. The standard InChI is InChI=1S/C24H30FN3O3S/c1-2-19-8-5-6-14-27(19)15-7-13-26-24(29)17-28-22-12-11-18(25)16-21(22)20-9-3-4-10-23(20)32(28,30)31/h3-4,9-12,16,19H,2,5-8,13-15,17H2,1H3,(H,26,29)/t19-/m0/s1. The number of piperidine rings is 1. The summed E-state index contributed by atoms with van der Waals surface area (Å²) in [6.45, 7) is 4.40. The lowest BCUT2D eigenvalue weighted by Crippen LogP contribution is -2.44. The number of fused-ring (bicyclic) bond motifs is 3. The van der Waals surface area contributed by atoms with Crippen LogP contribution in [0.15, 0.2) is 47.4 Å². The number of benzene rings is 2. The highest BCUT2D eigenvalue weighted by molar-refractivity contribution is 7.93. The maximum Gasteiger partial charge on any atom is 0.265 e. The summed E-state index contributed by atoms with van der Waals surface area (Å²) < 4.78 is 41.5. The summed E-state index contributed by atoms with van der Waals surface area (Å²) in [5, 5.41) is 2.86. The molecule has 172 valence electrons. The number of amides is 1. The molecule has 0 spiro atoms. The van der Waals surface area contributed by atoms with Crippen molar-refractivity contribution < 1.29 is 17.6 Å². The second-order valence-corrected chi connectivity index (χ2v) is 10.3. The van der Waals surface area contributed by atoms with Gasteiger partial charge in [0, 0.05) is 30.3 Å². The largest absolute Gasteiger partial charge is 0.354 e. The molecule has 0 bridgehead atoms. The Morgan fingerprint density at radius 1 is 1.16 bits per heavy atom. The van der Waals surface area contributed by atoms with Crippen molar-refractivity contribution in [3.8, 4) is 11.1 Å². The monoisotopic (exact) mass is 459 g/mol. The van der Waals surface area contributed by atoms with Gasteiger partial charge in [-0.05, 0) is 56.5 Å². The molecule has 2 aliphatic heterocycles. The van der Waals surface area contributed by atoms with Crippen LogP contribution in [-0.4, -0.2) is 51.4 Å². The quantitative estimate of drug-likeness (QED) is 0.640. The van der Waals surface area contributed by atoms with Crippen LogP contribution < -0.4 is 9.62 Å². The lowest BCUT2D eigenvalue weighted by Gasteiger charge is -2.35. The summed E-state index contributed by atoms with van der Waals surface area (Å²) in [6, 6.07) is 11.1. The summed E-state index contributed by atoms with van der Waals surface area (Å²) in [6.07, 6.45) is 5.69. The van der Waals surface area contributed by atoms with Gasteiger partial charge in [-0.25, -0.2) is 12.8 Å². The lowest BCUT2D eigenvalue weighted by atomic mass is 10.00. The van der Waals surface area contributed by atoms with Crippen molar-refractivity contribution in [1.82, 2.24) is 10.2 Å². The normalized spacial score (nSPS) is 19.8. The molecule has 32 heavy (non-hydrogen) atoms. The van der Waals surface area contributed by atoms with E-state index in [4.69, 9.17) is 0 Å². The first-order valence-corrected chi connectivity index (χ1v) is 12.8. The Balaban J connectivity index is 1.43. The fourth-order valence-corrected chi connectivity index (χ4v) is 6.44. The molecule has 6 nitrogen and oxygen atoms in total. The molecule has 1 atom stereocenters. The predicted molar refractivity (Wildman–Crippen MR) is 123 cm³/mol. The number of halogens is 1. The van der Waals surface area contributed by atoms with Crippen molar-refractivity contribution in [3.63, 3.8) is 0 Å². The molecule has 1 saturated heterocycles. The van der Waals surface area contributed by atoms with E-state index < -0.39 is 15.8 Å². The molecule has 2 heterocycles. The first-order chi connectivity index (χ1) is 15.4. The molecule has 1 amide bonds. The molecule has 0 unspecified atom stereocenters. The van der Waals surface area contributed by atoms with Crippen molar-refractivity contribution in [2.75, 3.05) is 30.5 Å². The molecule has 1 N–H and O–H groups in total. The molecular weight excluding hydrogens is 429 g/mol. The molecule has 8 heteroatoms. The average Bonchev–Trinajstić information content (AvgIpc) is 2.80. The minimum atomic E-state index is -3.92. The smallest absolute Gasteiger partial charge is 0.265 e. The number of nitrogens with one attached hydrogen (secondary N) is 1. The summed E-state index contributed by atoms with van der Waals surface area (Å²) >= 11 is 0. The van der Waals surface area contributed by atoms with Crippen LogP contribution in [0.25, 0.3) is 11.1 Å². The van der Waals surface area contributed by atoms with Crippen LogP contribution in [0.3, 0.4) is 0 Å². The summed E-state index contributed by atoms with van der Waals surface area (Å²) in [4.78, 5) is 15.2. The number of sulfonamides is 1. The Morgan fingerprint density at radius 2 is 1.97 bits per heavy atom. The number of carbonyl (C=O) groups excluding carboxylic acids is 1. The third kappa shape index (κ3) is 4.52. The Hall–Kier alpha value is -2.45. The Kier molecular flexibility index (Phi) is 6.81. The van der Waals surface area contributed by atoms with Gasteiger partial charge >= 0.3 is 0 Å². The van der Waals surface area contributed by atoms with Crippen molar-refractivity contribution in [1.29, 1.82) is 0 Å². The highest BCUT2D eigenvalue weighted by Crippen LogP contribution is 2.42. The summed E-state index contributed by atoms with van der Waals surface area (Å²) in [7, 11) is -3.92. The second-order valence-electron chi connectivity index (χ2n) is 8.47. The second kappa shape index (κ2) is 9.58. The Bertz CT molecular complexity index is 1090. The van der Waals surface area contributed by atoms with Crippen molar-refractivity contribution in [2.24, 2.45) is 0 Å². The minimum absolute atomic E-state index is 0.0848. The van der Waals surface area contributed by atoms with E-state index in [1.165, 1.54) is 43.5 Å². The molecule has 2 aromatic rings. The van der Waals surface area contributed by atoms with E-state index in [1.54, 1.807) is 18.2 Å². The topological polar surface area (TPSA) is 69.7 Å². The van der Waals surface area contributed by atoms with E-state index >= 15 is 0 Å². The third-order valence-electron chi connectivity index (χ3n) is 6.42. The predicted octanol–water partition coefficient (Wildman–Crippen LogP) is 3.77. The van der Waals surface area contributed by atoms with Gasteiger partial charge in [0.05, 0.1) is 10.6 Å². The van der Waals surface area contributed by atoms with Gasteiger partial charge in [-0.3, -0.25) is 9.10 Å². The van der Waals surface area contributed by atoms with Crippen molar-refractivity contribution in [3.05, 3.63) is 48.3 Å². The molecule has 0 aliphatic carbocycles. The molecule has 2 aliphatic rings. The number of anilines is 1. The number of carbonyl (C=O) groups is 1. The highest BCUT2D eigenvalue weighted by atomic mass is 32.2. The van der Waals surface area contributed by atoms with Crippen LogP contribution in [0.5, 0.6) is 0 Å². The van der Waals surface area contributed by atoms with Crippen molar-refractivity contribution >= 4 is 21.6 Å². The zero-order valence-electron chi connectivity index (χ0n) is 18.4. The third-order valence-corrected chi connectivity index (χ3v) is 8.24. The average molecular weight is 460 g/mol. The molecular formula is C24H30FN3O3S. The number of hydrogen-bond donors (Lipinski definition) is 1. The number of nitrogens with zero attached hydrogens (tertiary/aromatic N) is 2. The van der Waals surface area contributed by atoms with Crippen molar-refractivity contribution in [2.45, 2.75) is 50.0 Å².